The molecule has 0 fully saturated rings. The van der Waals surface area contributed by atoms with Gasteiger partial charge in [0, 0.05) is 11.9 Å². The second kappa shape index (κ2) is 6.54. The number of nitrogens with two attached hydrogens (primary N) is 1. The largest absolute Gasteiger partial charge is 0.481 e. The molecule has 0 bridgehead atoms. The van der Waals surface area contributed by atoms with Crippen LogP contribution in [0, 0.1) is 0 Å². The molecule has 0 aromatic heterocycles. The van der Waals surface area contributed by atoms with Gasteiger partial charge in [-0.15, -0.1) is 0 Å². The van der Waals surface area contributed by atoms with Gasteiger partial charge in [-0.3, -0.25) is 9.56 Å². The first kappa shape index (κ1) is 10.8. The SMILES string of the molecule is N/C(=C\C=N\PI)CC(=O)O. The number of carboxylic acids is 1. The van der Waals surface area contributed by atoms with Gasteiger partial charge in [-0.25, -0.2) is 0 Å². The van der Waals surface area contributed by atoms with E-state index in [0.717, 1.165) is 0 Å². The summed E-state index contributed by atoms with van der Waals surface area (Å²) in [6.07, 6.45) is 3.33. The molecule has 0 radical (unpaired) electrons. The molecule has 11 heavy (non-hydrogen) atoms. The molecule has 0 aliphatic rings. The number of rotatable bonds is 4. The van der Waals surface area contributed by atoms with E-state index in [9.17, 15) is 4.79 Å². The summed E-state index contributed by atoms with van der Waals surface area (Å²) in [6, 6.07) is 0. The average molecular weight is 286 g/mol. The Bertz CT molecular complexity index is 193. The standard InChI is InChI=1S/C5H8IN2O2P/c6-11-8-2-1-4(7)3-5(9)10/h1-2,11H,3,7H2,(H,9,10)/b4-1-,8-2+. The Balaban J connectivity index is 3.81. The van der Waals surface area contributed by atoms with Gasteiger partial charge in [0.15, 0.2) is 0 Å². The van der Waals surface area contributed by atoms with Crippen LogP contribution in [0.5, 0.6) is 0 Å². The molecular weight excluding hydrogens is 278 g/mol. The molecule has 0 aromatic rings. The van der Waals surface area contributed by atoms with Crippen LogP contribution in [0.2, 0.25) is 0 Å². The molecule has 4 nitrogen and oxygen atoms in total. The lowest BCUT2D eigenvalue weighted by molar-refractivity contribution is -0.136. The lowest BCUT2D eigenvalue weighted by Gasteiger charge is -1.91. The number of carbonyl (C=O) groups is 1. The number of allylic oxidation sites excluding steroid dienone is 1. The highest BCUT2D eigenvalue weighted by molar-refractivity contribution is 14.2. The fourth-order valence-electron chi connectivity index (χ4n) is 0.395. The molecule has 0 aliphatic heterocycles. The summed E-state index contributed by atoms with van der Waals surface area (Å²) in [5.41, 5.74) is 5.62. The molecule has 3 N–H and O–H groups in total. The maximum absolute atomic E-state index is 10.1. The summed E-state index contributed by atoms with van der Waals surface area (Å²) in [7, 11) is 0. The van der Waals surface area contributed by atoms with Crippen molar-refractivity contribution in [3.8, 4) is 0 Å². The van der Waals surface area contributed by atoms with E-state index in [2.05, 4.69) is 26.8 Å². The quantitative estimate of drug-likeness (QED) is 0.465. The van der Waals surface area contributed by atoms with E-state index in [1.54, 1.807) is 0 Å². The van der Waals surface area contributed by atoms with Crippen molar-refractivity contribution < 1.29 is 9.90 Å². The van der Waals surface area contributed by atoms with Gasteiger partial charge in [0.25, 0.3) is 0 Å². The number of aliphatic carboxylic acids is 1. The molecule has 0 heterocycles. The first-order chi connectivity index (χ1) is 5.16. The van der Waals surface area contributed by atoms with Crippen molar-refractivity contribution in [1.29, 1.82) is 0 Å². The van der Waals surface area contributed by atoms with E-state index in [1.165, 1.54) is 12.3 Å². The van der Waals surface area contributed by atoms with E-state index >= 15 is 0 Å². The molecule has 1 unspecified atom stereocenters. The zero-order valence-electron chi connectivity index (χ0n) is 5.62. The van der Waals surface area contributed by atoms with Crippen LogP contribution in [0.3, 0.4) is 0 Å². The first-order valence-corrected chi connectivity index (χ1v) is 6.78. The van der Waals surface area contributed by atoms with Gasteiger partial charge in [0.05, 0.1) is 12.8 Å². The second-order valence-corrected chi connectivity index (χ2v) is 3.55. The van der Waals surface area contributed by atoms with E-state index < -0.39 is 5.97 Å². The summed E-state index contributed by atoms with van der Waals surface area (Å²) < 4.78 is 3.86. The number of carboxylic acid groups (broad SMARTS) is 1. The van der Waals surface area contributed by atoms with Crippen LogP contribution in [0.1, 0.15) is 6.42 Å². The first-order valence-electron chi connectivity index (χ1n) is 2.72. The Kier molecular flexibility index (Phi) is 6.45. The molecule has 0 rings (SSSR count). The van der Waals surface area contributed by atoms with Crippen LogP contribution in [0.15, 0.2) is 16.5 Å². The fourth-order valence-corrected chi connectivity index (χ4v) is 1.01. The summed E-state index contributed by atoms with van der Waals surface area (Å²) >= 11 is 2.10. The fraction of sp³-hybridized carbons (Fsp3) is 0.200. The van der Waals surface area contributed by atoms with Gasteiger partial charge in [-0.05, 0) is 28.1 Å². The minimum Gasteiger partial charge on any atom is -0.481 e. The van der Waals surface area contributed by atoms with E-state index in [4.69, 9.17) is 10.8 Å². The minimum absolute atomic E-state index is 0.129. The van der Waals surface area contributed by atoms with Crippen LogP contribution in [-0.2, 0) is 4.79 Å². The highest BCUT2D eigenvalue weighted by atomic mass is 127. The third-order valence-electron chi connectivity index (χ3n) is 0.767. The van der Waals surface area contributed by atoms with E-state index in [-0.39, 0.29) is 6.42 Å². The normalized spacial score (nSPS) is 13.4. The van der Waals surface area contributed by atoms with Gasteiger partial charge in [0.1, 0.15) is 0 Å². The zero-order valence-corrected chi connectivity index (χ0v) is 8.78. The minimum atomic E-state index is -0.927. The molecule has 0 aliphatic carbocycles. The average Bonchev–Trinajstić information content (AvgIpc) is 1.86. The number of hydrogen-bond donors (Lipinski definition) is 2. The predicted octanol–water partition coefficient (Wildman–Crippen LogP) is 1.32. The number of hydrogen-bond acceptors (Lipinski definition) is 3. The van der Waals surface area contributed by atoms with Crippen molar-refractivity contribution in [3.63, 3.8) is 0 Å². The third kappa shape index (κ3) is 7.74. The molecule has 1 atom stereocenters. The summed E-state index contributed by atoms with van der Waals surface area (Å²) in [5, 5.41) is 8.28. The van der Waals surface area contributed by atoms with Crippen molar-refractivity contribution in [3.05, 3.63) is 11.8 Å². The maximum Gasteiger partial charge on any atom is 0.309 e. The Hall–Kier alpha value is -0.160. The number of nitrogens with zero attached hydrogens (tertiary/aromatic N) is 1. The molecule has 0 saturated heterocycles. The zero-order chi connectivity index (χ0) is 8.69. The van der Waals surface area contributed by atoms with Gasteiger partial charge in [-0.1, -0.05) is 0 Å². The van der Waals surface area contributed by atoms with Crippen molar-refractivity contribution in [2.45, 2.75) is 6.42 Å². The van der Waals surface area contributed by atoms with Crippen LogP contribution in [0.25, 0.3) is 0 Å². The lowest BCUT2D eigenvalue weighted by Crippen LogP contribution is -2.04. The third-order valence-corrected chi connectivity index (χ3v) is 1.85. The highest BCUT2D eigenvalue weighted by Crippen LogP contribution is 2.20. The smallest absolute Gasteiger partial charge is 0.309 e. The maximum atomic E-state index is 10.1. The summed E-state index contributed by atoms with van der Waals surface area (Å²) in [6.45, 7) is 0. The Morgan fingerprint density at radius 3 is 2.91 bits per heavy atom. The van der Waals surface area contributed by atoms with Crippen LogP contribution in [-0.4, -0.2) is 17.3 Å². The van der Waals surface area contributed by atoms with Gasteiger partial charge in [0.2, 0.25) is 0 Å². The molecule has 0 amide bonds. The molecule has 0 saturated carbocycles. The van der Waals surface area contributed by atoms with Crippen molar-refractivity contribution >= 4 is 40.6 Å². The Morgan fingerprint density at radius 2 is 2.45 bits per heavy atom. The summed E-state index contributed by atoms with van der Waals surface area (Å²) in [5.74, 6) is -0.927. The topological polar surface area (TPSA) is 75.7 Å². The Morgan fingerprint density at radius 1 is 1.82 bits per heavy atom. The monoisotopic (exact) mass is 286 g/mol. The van der Waals surface area contributed by atoms with E-state index in [1.807, 2.05) is 0 Å². The van der Waals surface area contributed by atoms with Gasteiger partial charge >= 0.3 is 5.97 Å². The van der Waals surface area contributed by atoms with Gasteiger partial charge in [-0.2, -0.15) is 0 Å². The highest BCUT2D eigenvalue weighted by Gasteiger charge is 1.96. The lowest BCUT2D eigenvalue weighted by atomic mass is 10.3. The van der Waals surface area contributed by atoms with Crippen molar-refractivity contribution in [1.82, 2.24) is 0 Å². The van der Waals surface area contributed by atoms with Crippen molar-refractivity contribution in [2.24, 2.45) is 10.5 Å². The second-order valence-electron chi connectivity index (χ2n) is 1.67. The van der Waals surface area contributed by atoms with E-state index in [0.29, 0.717) is 12.1 Å². The molecule has 0 aromatic carbocycles. The van der Waals surface area contributed by atoms with Crippen LogP contribution >= 0.6 is 28.4 Å². The Labute approximate surface area is 79.3 Å². The predicted molar refractivity (Wildman–Crippen MR) is 55.4 cm³/mol. The summed E-state index contributed by atoms with van der Waals surface area (Å²) in [4.78, 5) is 10.1. The van der Waals surface area contributed by atoms with Gasteiger partial charge < -0.3 is 10.8 Å². The molecule has 0 spiro atoms. The van der Waals surface area contributed by atoms with Crippen LogP contribution in [0.4, 0.5) is 0 Å². The van der Waals surface area contributed by atoms with Crippen molar-refractivity contribution in [2.75, 3.05) is 0 Å². The number of halogens is 1. The van der Waals surface area contributed by atoms with Crippen LogP contribution < -0.4 is 5.73 Å². The molecule has 62 valence electrons. The molecular formula is C5H8IN2O2P. The molecule has 6 heteroatoms.